The van der Waals surface area contributed by atoms with Crippen molar-refractivity contribution in [3.8, 4) is 0 Å². The van der Waals surface area contributed by atoms with Gasteiger partial charge >= 0.3 is 0 Å². The Labute approximate surface area is 237 Å². The van der Waals surface area contributed by atoms with Gasteiger partial charge in [0.25, 0.3) is 17.9 Å². The molecule has 0 aliphatic heterocycles. The van der Waals surface area contributed by atoms with Crippen LogP contribution < -0.4 is 21.5 Å². The molecule has 1 saturated carbocycles. The Hall–Kier alpha value is -2.33. The lowest BCUT2D eigenvalue weighted by Gasteiger charge is -2.25. The number of nitrogens with zero attached hydrogens (tertiary/aromatic N) is 3. The fourth-order valence-electron chi connectivity index (χ4n) is 4.90. The summed E-state index contributed by atoms with van der Waals surface area (Å²) >= 11 is 2.33. The number of alkyl halides is 3. The molecule has 4 rings (SSSR count). The minimum atomic E-state index is -2.61. The van der Waals surface area contributed by atoms with Gasteiger partial charge < -0.3 is 19.8 Å². The highest BCUT2D eigenvalue weighted by molar-refractivity contribution is 14.1. The lowest BCUT2D eigenvalue weighted by molar-refractivity contribution is 0.0939. The van der Waals surface area contributed by atoms with Crippen LogP contribution in [0.25, 0.3) is 0 Å². The summed E-state index contributed by atoms with van der Waals surface area (Å²) < 4.78 is 30.7. The summed E-state index contributed by atoms with van der Waals surface area (Å²) in [6, 6.07) is 5.64. The van der Waals surface area contributed by atoms with Crippen LogP contribution in [-0.4, -0.2) is 30.5 Å². The molecule has 0 spiro atoms. The lowest BCUT2D eigenvalue weighted by Crippen LogP contribution is -2.37. The van der Waals surface area contributed by atoms with Crippen LogP contribution in [-0.2, 0) is 12.6 Å². The van der Waals surface area contributed by atoms with E-state index in [0.717, 1.165) is 18.5 Å². The number of nitrogens with one attached hydrogen (secondary N) is 2. The van der Waals surface area contributed by atoms with Crippen LogP contribution in [0.3, 0.4) is 0 Å². The summed E-state index contributed by atoms with van der Waals surface area (Å²) in [5.74, 6) is -0.314. The molecule has 1 fully saturated rings. The smallest absolute Gasteiger partial charge is 0.264 e. The van der Waals surface area contributed by atoms with E-state index in [4.69, 9.17) is 0 Å². The zero-order valence-corrected chi connectivity index (χ0v) is 25.2. The molecule has 2 aromatic heterocycles. The molecule has 38 heavy (non-hydrogen) atoms. The summed E-state index contributed by atoms with van der Waals surface area (Å²) in [7, 11) is 4.29. The number of hydrogen-bond donors (Lipinski definition) is 2. The number of hydrogen-bond acceptors (Lipinski definition) is 4. The zero-order chi connectivity index (χ0) is 27.8. The SMILES string of the molecule is CC(I)C1(n2cc(C(=O)N[C@H](C)c3cccc(C(F)F)c3P)c(NC[C@H](C)c3cncn3C)cc2=O)CC1. The number of benzene rings is 1. The second-order valence-electron chi connectivity index (χ2n) is 10.1. The second kappa shape index (κ2) is 11.4. The Kier molecular flexibility index (Phi) is 8.62. The standard InChI is InChI=1S/C27H33F2IN5O2P/c1-15(22-12-31-14-34(22)4)11-32-21-10-23(36)35(27(8-9-27)17(3)30)13-20(21)26(37)33-16(2)18-6-5-7-19(24(18)38)25(28)29/h5-7,10,12-17,25,32H,8-9,11,38H2,1-4H3,(H,33,37)/t15-,16+,17?/m0/s1. The number of aryl methyl sites for hydroxylation is 1. The number of rotatable bonds is 10. The normalized spacial score (nSPS) is 16.7. The van der Waals surface area contributed by atoms with Crippen LogP contribution in [0, 0.1) is 0 Å². The first-order valence-electron chi connectivity index (χ1n) is 12.5. The highest BCUT2D eigenvalue weighted by atomic mass is 127. The summed E-state index contributed by atoms with van der Waals surface area (Å²) in [6.07, 6.45) is 4.31. The van der Waals surface area contributed by atoms with Crippen molar-refractivity contribution in [2.75, 3.05) is 11.9 Å². The molecular formula is C27H33F2IN5O2P. The maximum atomic E-state index is 13.7. The minimum Gasteiger partial charge on any atom is -0.384 e. The van der Waals surface area contributed by atoms with E-state index in [9.17, 15) is 18.4 Å². The summed E-state index contributed by atoms with van der Waals surface area (Å²) in [4.78, 5) is 31.0. The molecule has 1 aromatic carbocycles. The minimum absolute atomic E-state index is 0.0701. The van der Waals surface area contributed by atoms with E-state index in [2.05, 4.69) is 54.4 Å². The Balaban J connectivity index is 1.66. The van der Waals surface area contributed by atoms with Crippen LogP contribution in [0.1, 0.15) is 79.2 Å². The third-order valence-corrected chi connectivity index (χ3v) is 9.29. The topological polar surface area (TPSA) is 81.0 Å². The van der Waals surface area contributed by atoms with Gasteiger partial charge in [-0.2, -0.15) is 0 Å². The summed E-state index contributed by atoms with van der Waals surface area (Å²) in [5.41, 5.74) is 1.84. The Bertz CT molecular complexity index is 1390. The molecule has 2 heterocycles. The molecule has 0 saturated heterocycles. The second-order valence-corrected chi connectivity index (χ2v) is 12.5. The van der Waals surface area contributed by atoms with Gasteiger partial charge in [-0.25, -0.2) is 13.8 Å². The van der Waals surface area contributed by atoms with E-state index in [0.29, 0.717) is 28.7 Å². The van der Waals surface area contributed by atoms with Crippen molar-refractivity contribution in [2.45, 2.75) is 61.5 Å². The van der Waals surface area contributed by atoms with Crippen molar-refractivity contribution in [2.24, 2.45) is 7.05 Å². The van der Waals surface area contributed by atoms with Gasteiger partial charge in [-0.15, -0.1) is 9.24 Å². The molecule has 3 aromatic rings. The van der Waals surface area contributed by atoms with Crippen molar-refractivity contribution in [1.29, 1.82) is 0 Å². The van der Waals surface area contributed by atoms with Gasteiger partial charge in [0, 0.05) is 53.2 Å². The quantitative estimate of drug-likeness (QED) is 0.182. The third kappa shape index (κ3) is 5.66. The van der Waals surface area contributed by atoms with Gasteiger partial charge in [0.05, 0.1) is 29.2 Å². The van der Waals surface area contributed by atoms with Crippen LogP contribution in [0.15, 0.2) is 47.8 Å². The van der Waals surface area contributed by atoms with Crippen LogP contribution in [0.4, 0.5) is 14.5 Å². The number of halogens is 3. The van der Waals surface area contributed by atoms with E-state index in [1.807, 2.05) is 18.5 Å². The fraction of sp³-hybridized carbons (Fsp3) is 0.444. The Morgan fingerprint density at radius 1 is 1.24 bits per heavy atom. The predicted molar refractivity (Wildman–Crippen MR) is 158 cm³/mol. The van der Waals surface area contributed by atoms with Gasteiger partial charge in [0.15, 0.2) is 0 Å². The first kappa shape index (κ1) is 28.7. The van der Waals surface area contributed by atoms with Crippen molar-refractivity contribution in [3.05, 3.63) is 75.7 Å². The predicted octanol–water partition coefficient (Wildman–Crippen LogP) is 5.04. The van der Waals surface area contributed by atoms with Crippen molar-refractivity contribution < 1.29 is 13.6 Å². The van der Waals surface area contributed by atoms with Gasteiger partial charge in [-0.05, 0) is 30.6 Å². The van der Waals surface area contributed by atoms with Crippen LogP contribution in [0.2, 0.25) is 0 Å². The monoisotopic (exact) mass is 655 g/mol. The number of anilines is 1. The summed E-state index contributed by atoms with van der Waals surface area (Å²) in [5, 5.41) is 6.64. The molecule has 1 amide bonds. The van der Waals surface area contributed by atoms with Gasteiger partial charge in [0.1, 0.15) is 0 Å². The first-order valence-corrected chi connectivity index (χ1v) is 14.4. The maximum Gasteiger partial charge on any atom is 0.264 e. The van der Waals surface area contributed by atoms with Gasteiger partial charge in [-0.3, -0.25) is 9.59 Å². The van der Waals surface area contributed by atoms with E-state index in [1.54, 1.807) is 42.3 Å². The molecule has 7 nitrogen and oxygen atoms in total. The molecule has 1 aliphatic rings. The molecule has 11 heteroatoms. The molecule has 2 unspecified atom stereocenters. The average molecular weight is 655 g/mol. The van der Waals surface area contributed by atoms with E-state index >= 15 is 0 Å². The number of carbonyl (C=O) groups is 1. The lowest BCUT2D eigenvalue weighted by atomic mass is 10.0. The molecule has 1 aliphatic carbocycles. The zero-order valence-electron chi connectivity index (χ0n) is 21.8. The Morgan fingerprint density at radius 3 is 2.50 bits per heavy atom. The number of carbonyl (C=O) groups excluding carboxylic acids is 1. The number of pyridine rings is 1. The van der Waals surface area contributed by atoms with Crippen molar-refractivity contribution >= 4 is 48.7 Å². The molecule has 2 N–H and O–H groups in total. The maximum absolute atomic E-state index is 13.7. The van der Waals surface area contributed by atoms with Crippen molar-refractivity contribution in [3.63, 3.8) is 0 Å². The highest BCUT2D eigenvalue weighted by Crippen LogP contribution is 2.49. The molecule has 0 radical (unpaired) electrons. The van der Waals surface area contributed by atoms with Crippen LogP contribution in [0.5, 0.6) is 0 Å². The number of amides is 1. The van der Waals surface area contributed by atoms with Crippen LogP contribution >= 0.6 is 31.8 Å². The fourth-order valence-corrected chi connectivity index (χ4v) is 6.39. The third-order valence-electron chi connectivity index (χ3n) is 7.46. The number of imidazole rings is 1. The number of aromatic nitrogens is 3. The van der Waals surface area contributed by atoms with E-state index in [-0.39, 0.29) is 32.4 Å². The van der Waals surface area contributed by atoms with Gasteiger partial charge in [-0.1, -0.05) is 54.6 Å². The largest absolute Gasteiger partial charge is 0.384 e. The molecular weight excluding hydrogens is 622 g/mol. The molecule has 0 bridgehead atoms. The summed E-state index contributed by atoms with van der Waals surface area (Å²) in [6.45, 7) is 6.36. The molecule has 204 valence electrons. The van der Waals surface area contributed by atoms with E-state index in [1.165, 1.54) is 12.1 Å². The highest BCUT2D eigenvalue weighted by Gasteiger charge is 2.49. The van der Waals surface area contributed by atoms with Gasteiger partial charge in [0.2, 0.25) is 0 Å². The average Bonchev–Trinajstić information content (AvgIpc) is 3.56. The first-order chi connectivity index (χ1) is 18.0. The molecule has 4 atom stereocenters. The van der Waals surface area contributed by atoms with E-state index < -0.39 is 12.5 Å². The Morgan fingerprint density at radius 2 is 1.92 bits per heavy atom. The van der Waals surface area contributed by atoms with Crippen molar-refractivity contribution in [1.82, 2.24) is 19.4 Å².